The summed E-state index contributed by atoms with van der Waals surface area (Å²) >= 11 is 3.22. The number of carbonyl (C=O) groups excluding carboxylic acids is 1. The van der Waals surface area contributed by atoms with E-state index >= 15 is 0 Å². The molecule has 0 aliphatic rings. The van der Waals surface area contributed by atoms with E-state index in [0.717, 1.165) is 10.7 Å². The minimum Gasteiger partial charge on any atom is -0.351 e. The third-order valence-electron chi connectivity index (χ3n) is 2.05. The summed E-state index contributed by atoms with van der Waals surface area (Å²) in [5.74, 6) is 0.0266. The fraction of sp³-hybridized carbons (Fsp3) is 0.273. The van der Waals surface area contributed by atoms with E-state index < -0.39 is 0 Å². The van der Waals surface area contributed by atoms with E-state index in [-0.39, 0.29) is 5.91 Å². The van der Waals surface area contributed by atoms with Crippen LogP contribution in [0.2, 0.25) is 0 Å². The second-order valence-corrected chi connectivity index (χ2v) is 5.49. The van der Waals surface area contributed by atoms with E-state index in [1.165, 1.54) is 4.88 Å². The third-order valence-corrected chi connectivity index (χ3v) is 3.75. The van der Waals surface area contributed by atoms with Crippen LogP contribution in [0.5, 0.6) is 0 Å². The van der Waals surface area contributed by atoms with Crippen molar-refractivity contribution in [3.63, 3.8) is 0 Å². The molecule has 0 aliphatic heterocycles. The summed E-state index contributed by atoms with van der Waals surface area (Å²) in [6, 6.07) is 3.99. The second-order valence-electron chi connectivity index (χ2n) is 3.39. The molecule has 3 nitrogen and oxygen atoms in total. The Kier molecular flexibility index (Phi) is 3.69. The first kappa shape index (κ1) is 11.3. The maximum absolute atomic E-state index is 11.6. The number of aromatic nitrogens is 1. The van der Waals surface area contributed by atoms with Crippen LogP contribution in [0.3, 0.4) is 0 Å². The van der Waals surface area contributed by atoms with Crippen molar-refractivity contribution in [2.75, 3.05) is 0 Å². The van der Waals surface area contributed by atoms with Gasteiger partial charge in [-0.2, -0.15) is 0 Å². The number of thiophene rings is 1. The molecule has 1 amide bonds. The first-order valence-corrected chi connectivity index (χ1v) is 6.70. The molecule has 0 saturated heterocycles. The van der Waals surface area contributed by atoms with Gasteiger partial charge in [-0.3, -0.25) is 4.79 Å². The van der Waals surface area contributed by atoms with Crippen LogP contribution in [0.1, 0.15) is 15.6 Å². The zero-order valence-electron chi connectivity index (χ0n) is 8.90. The van der Waals surface area contributed by atoms with Crippen molar-refractivity contribution in [1.29, 1.82) is 0 Å². The van der Waals surface area contributed by atoms with E-state index in [1.807, 2.05) is 29.8 Å². The van der Waals surface area contributed by atoms with Crippen LogP contribution in [0.25, 0.3) is 0 Å². The van der Waals surface area contributed by atoms with Crippen LogP contribution >= 0.6 is 22.7 Å². The fourth-order valence-corrected chi connectivity index (χ4v) is 2.57. The quantitative estimate of drug-likeness (QED) is 0.907. The molecule has 2 rings (SSSR count). The lowest BCUT2D eigenvalue weighted by molar-refractivity contribution is -0.120. The van der Waals surface area contributed by atoms with E-state index in [2.05, 4.69) is 10.3 Å². The Morgan fingerprint density at radius 2 is 2.38 bits per heavy atom. The smallest absolute Gasteiger partial charge is 0.226 e. The lowest BCUT2D eigenvalue weighted by atomic mass is 10.3. The zero-order valence-corrected chi connectivity index (χ0v) is 10.5. The van der Waals surface area contributed by atoms with Crippen LogP contribution in [-0.4, -0.2) is 10.9 Å². The van der Waals surface area contributed by atoms with E-state index in [1.54, 1.807) is 22.7 Å². The molecule has 5 heteroatoms. The molecule has 2 aromatic rings. The summed E-state index contributed by atoms with van der Waals surface area (Å²) in [7, 11) is 0. The Labute approximate surface area is 102 Å². The van der Waals surface area contributed by atoms with Gasteiger partial charge in [0, 0.05) is 10.3 Å². The van der Waals surface area contributed by atoms with Crippen LogP contribution in [0, 0.1) is 6.92 Å². The fourth-order valence-electron chi connectivity index (χ4n) is 1.32. The number of nitrogens with zero attached hydrogens (tertiary/aromatic N) is 1. The molecule has 2 aromatic heterocycles. The molecule has 0 aliphatic carbocycles. The van der Waals surface area contributed by atoms with Gasteiger partial charge >= 0.3 is 0 Å². The summed E-state index contributed by atoms with van der Waals surface area (Å²) in [6.07, 6.45) is 0.371. The van der Waals surface area contributed by atoms with E-state index in [0.29, 0.717) is 13.0 Å². The lowest BCUT2D eigenvalue weighted by Gasteiger charge is -2.01. The van der Waals surface area contributed by atoms with Gasteiger partial charge in [0.15, 0.2) is 0 Å². The van der Waals surface area contributed by atoms with Crippen LogP contribution < -0.4 is 5.32 Å². The summed E-state index contributed by atoms with van der Waals surface area (Å²) < 4.78 is 0. The Morgan fingerprint density at radius 3 is 3.00 bits per heavy atom. The molecule has 16 heavy (non-hydrogen) atoms. The Bertz CT molecular complexity index is 462. The van der Waals surface area contributed by atoms with Crippen molar-refractivity contribution in [3.05, 3.63) is 38.5 Å². The van der Waals surface area contributed by atoms with Gasteiger partial charge in [0.05, 0.1) is 23.7 Å². The standard InChI is InChI=1S/C11H12N2OS2/c1-8-13-9(7-16-8)5-11(14)12-6-10-3-2-4-15-10/h2-4,7H,5-6H2,1H3,(H,12,14). The van der Waals surface area contributed by atoms with Crippen LogP contribution in [0.15, 0.2) is 22.9 Å². The highest BCUT2D eigenvalue weighted by Crippen LogP contribution is 2.09. The van der Waals surface area contributed by atoms with Gasteiger partial charge in [0.2, 0.25) is 5.91 Å². The monoisotopic (exact) mass is 252 g/mol. The number of rotatable bonds is 4. The Balaban J connectivity index is 1.81. The second kappa shape index (κ2) is 5.23. The highest BCUT2D eigenvalue weighted by molar-refractivity contribution is 7.10. The topological polar surface area (TPSA) is 42.0 Å². The van der Waals surface area contributed by atoms with Crippen molar-refractivity contribution >= 4 is 28.6 Å². The summed E-state index contributed by atoms with van der Waals surface area (Å²) in [6.45, 7) is 2.55. The molecular weight excluding hydrogens is 240 g/mol. The molecule has 2 heterocycles. The normalized spacial score (nSPS) is 10.3. The largest absolute Gasteiger partial charge is 0.351 e. The lowest BCUT2D eigenvalue weighted by Crippen LogP contribution is -2.24. The van der Waals surface area contributed by atoms with Gasteiger partial charge in [-0.05, 0) is 18.4 Å². The van der Waals surface area contributed by atoms with Crippen molar-refractivity contribution in [1.82, 2.24) is 10.3 Å². The number of thiazole rings is 1. The molecule has 84 valence electrons. The van der Waals surface area contributed by atoms with E-state index in [4.69, 9.17) is 0 Å². The predicted molar refractivity (Wildman–Crippen MR) is 66.7 cm³/mol. The molecule has 1 N–H and O–H groups in total. The number of hydrogen-bond donors (Lipinski definition) is 1. The van der Waals surface area contributed by atoms with Crippen molar-refractivity contribution in [2.24, 2.45) is 0 Å². The first-order chi connectivity index (χ1) is 7.74. The minimum atomic E-state index is 0.0266. The summed E-state index contributed by atoms with van der Waals surface area (Å²) in [4.78, 5) is 17.0. The van der Waals surface area contributed by atoms with Gasteiger partial charge in [-0.15, -0.1) is 22.7 Å². The van der Waals surface area contributed by atoms with Crippen LogP contribution in [-0.2, 0) is 17.8 Å². The SMILES string of the molecule is Cc1nc(CC(=O)NCc2cccs2)cs1. The van der Waals surface area contributed by atoms with Crippen molar-refractivity contribution in [2.45, 2.75) is 19.9 Å². The highest BCUT2D eigenvalue weighted by atomic mass is 32.1. The number of nitrogens with one attached hydrogen (secondary N) is 1. The van der Waals surface area contributed by atoms with Gasteiger partial charge < -0.3 is 5.32 Å². The summed E-state index contributed by atoms with van der Waals surface area (Å²) in [5.41, 5.74) is 0.853. The maximum atomic E-state index is 11.6. The molecular formula is C11H12N2OS2. The molecule has 0 radical (unpaired) electrons. The molecule has 0 fully saturated rings. The van der Waals surface area contributed by atoms with Gasteiger partial charge in [-0.1, -0.05) is 6.07 Å². The van der Waals surface area contributed by atoms with Crippen molar-refractivity contribution in [3.8, 4) is 0 Å². The first-order valence-electron chi connectivity index (χ1n) is 4.94. The van der Waals surface area contributed by atoms with Crippen molar-refractivity contribution < 1.29 is 4.79 Å². The van der Waals surface area contributed by atoms with Gasteiger partial charge in [-0.25, -0.2) is 4.98 Å². The Morgan fingerprint density at radius 1 is 1.50 bits per heavy atom. The maximum Gasteiger partial charge on any atom is 0.226 e. The highest BCUT2D eigenvalue weighted by Gasteiger charge is 2.06. The number of carbonyl (C=O) groups is 1. The molecule has 0 aromatic carbocycles. The molecule has 0 unspecified atom stereocenters. The molecule has 0 atom stereocenters. The average Bonchev–Trinajstić information content (AvgIpc) is 2.87. The molecule has 0 saturated carbocycles. The molecule has 0 bridgehead atoms. The van der Waals surface area contributed by atoms with Crippen LogP contribution in [0.4, 0.5) is 0 Å². The molecule has 0 spiro atoms. The predicted octanol–water partition coefficient (Wildman–Crippen LogP) is 2.37. The van der Waals surface area contributed by atoms with Gasteiger partial charge in [0.25, 0.3) is 0 Å². The number of amides is 1. The number of hydrogen-bond acceptors (Lipinski definition) is 4. The van der Waals surface area contributed by atoms with Gasteiger partial charge in [0.1, 0.15) is 0 Å². The summed E-state index contributed by atoms with van der Waals surface area (Å²) in [5, 5.41) is 7.82. The zero-order chi connectivity index (χ0) is 11.4. The van der Waals surface area contributed by atoms with E-state index in [9.17, 15) is 4.79 Å². The number of aryl methyl sites for hydroxylation is 1. The average molecular weight is 252 g/mol. The Hall–Kier alpha value is -1.20. The third kappa shape index (κ3) is 3.15. The minimum absolute atomic E-state index is 0.0266.